The predicted octanol–water partition coefficient (Wildman–Crippen LogP) is 3.88. The van der Waals surface area contributed by atoms with Crippen LogP contribution >= 0.6 is 23.7 Å². The summed E-state index contributed by atoms with van der Waals surface area (Å²) in [6, 6.07) is 8.42. The van der Waals surface area contributed by atoms with Gasteiger partial charge in [0.05, 0.1) is 5.69 Å². The molecule has 4 heteroatoms. The Labute approximate surface area is 118 Å². The van der Waals surface area contributed by atoms with Crippen molar-refractivity contribution in [3.63, 3.8) is 0 Å². The lowest BCUT2D eigenvalue weighted by Crippen LogP contribution is -1.95. The largest absolute Gasteiger partial charge is 0.326 e. The molecule has 0 spiro atoms. The Balaban J connectivity index is 0.00000120. The number of aryl methyl sites for hydroxylation is 1. The summed E-state index contributed by atoms with van der Waals surface area (Å²) in [4.78, 5) is 6.16. The topological polar surface area (TPSA) is 38.9 Å². The number of halogens is 1. The molecule has 2 nitrogen and oxygen atoms in total. The molecule has 1 heterocycles. The van der Waals surface area contributed by atoms with E-state index in [2.05, 4.69) is 31.2 Å². The molecule has 0 radical (unpaired) electrons. The summed E-state index contributed by atoms with van der Waals surface area (Å²) >= 11 is 1.81. The summed E-state index contributed by atoms with van der Waals surface area (Å²) in [7, 11) is 0. The van der Waals surface area contributed by atoms with E-state index in [1.54, 1.807) is 11.3 Å². The second kappa shape index (κ2) is 5.39. The zero-order valence-electron chi connectivity index (χ0n) is 10.3. The maximum Gasteiger partial charge on any atom is 0.123 e. The number of rotatable bonds is 3. The first-order valence-electron chi connectivity index (χ1n) is 6.04. The van der Waals surface area contributed by atoms with E-state index in [9.17, 15) is 0 Å². The van der Waals surface area contributed by atoms with Gasteiger partial charge in [-0.05, 0) is 25.3 Å². The highest BCUT2D eigenvalue weighted by atomic mass is 35.5. The first-order chi connectivity index (χ1) is 8.28. The van der Waals surface area contributed by atoms with Gasteiger partial charge >= 0.3 is 0 Å². The molecule has 1 aliphatic carbocycles. The lowest BCUT2D eigenvalue weighted by Gasteiger charge is -1.98. The summed E-state index contributed by atoms with van der Waals surface area (Å²) in [6.07, 6.45) is 2.63. The van der Waals surface area contributed by atoms with E-state index in [-0.39, 0.29) is 12.4 Å². The molecule has 3 rings (SSSR count). The highest BCUT2D eigenvalue weighted by Crippen LogP contribution is 2.43. The van der Waals surface area contributed by atoms with E-state index in [0.717, 1.165) is 10.9 Å². The van der Waals surface area contributed by atoms with Gasteiger partial charge in [0.2, 0.25) is 0 Å². The number of aromatic nitrogens is 1. The number of thiazole rings is 1. The van der Waals surface area contributed by atoms with E-state index < -0.39 is 0 Å². The Morgan fingerprint density at radius 3 is 2.50 bits per heavy atom. The normalized spacial score (nSPS) is 14.3. The third kappa shape index (κ3) is 2.58. The van der Waals surface area contributed by atoms with Gasteiger partial charge in [-0.3, -0.25) is 0 Å². The summed E-state index contributed by atoms with van der Waals surface area (Å²) in [5.41, 5.74) is 9.31. The van der Waals surface area contributed by atoms with Crippen molar-refractivity contribution in [2.75, 3.05) is 0 Å². The minimum atomic E-state index is 0. The van der Waals surface area contributed by atoms with E-state index in [1.165, 1.54) is 34.5 Å². The van der Waals surface area contributed by atoms with Gasteiger partial charge in [-0.1, -0.05) is 24.3 Å². The molecule has 0 atom stereocenters. The number of nitrogens with zero attached hydrogens (tertiary/aromatic N) is 1. The van der Waals surface area contributed by atoms with Gasteiger partial charge in [0, 0.05) is 22.9 Å². The molecule has 2 N–H and O–H groups in total. The fourth-order valence-corrected chi connectivity index (χ4v) is 3.06. The van der Waals surface area contributed by atoms with Crippen molar-refractivity contribution in [3.05, 3.63) is 40.4 Å². The van der Waals surface area contributed by atoms with Crippen molar-refractivity contribution in [2.24, 2.45) is 5.73 Å². The van der Waals surface area contributed by atoms with Crippen molar-refractivity contribution < 1.29 is 0 Å². The van der Waals surface area contributed by atoms with Crippen LogP contribution in [0.1, 0.15) is 34.9 Å². The fourth-order valence-electron chi connectivity index (χ4n) is 2.05. The monoisotopic (exact) mass is 280 g/mol. The number of hydrogen-bond donors (Lipinski definition) is 1. The third-order valence-corrected chi connectivity index (χ3v) is 4.27. The molecule has 0 aliphatic heterocycles. The maximum absolute atomic E-state index is 5.60. The maximum atomic E-state index is 5.60. The summed E-state index contributed by atoms with van der Waals surface area (Å²) in [6.45, 7) is 2.79. The highest BCUT2D eigenvalue weighted by molar-refractivity contribution is 7.15. The smallest absolute Gasteiger partial charge is 0.123 e. The van der Waals surface area contributed by atoms with Crippen LogP contribution in [0.5, 0.6) is 0 Å². The van der Waals surface area contributed by atoms with Crippen molar-refractivity contribution >= 4 is 23.7 Å². The van der Waals surface area contributed by atoms with Gasteiger partial charge in [0.1, 0.15) is 5.01 Å². The Bertz CT molecular complexity index is 529. The molecule has 18 heavy (non-hydrogen) atoms. The summed E-state index contributed by atoms with van der Waals surface area (Å²) in [5.74, 6) is 0.739. The molecule has 0 saturated heterocycles. The van der Waals surface area contributed by atoms with Crippen LogP contribution in [-0.4, -0.2) is 4.98 Å². The number of hydrogen-bond acceptors (Lipinski definition) is 3. The second-order valence-electron chi connectivity index (χ2n) is 4.64. The van der Waals surface area contributed by atoms with Crippen molar-refractivity contribution in [1.29, 1.82) is 0 Å². The van der Waals surface area contributed by atoms with Gasteiger partial charge in [-0.15, -0.1) is 23.7 Å². The molecule has 0 amide bonds. The molecule has 2 aromatic rings. The van der Waals surface area contributed by atoms with Crippen LogP contribution in [0.15, 0.2) is 24.3 Å². The Morgan fingerprint density at radius 2 is 1.94 bits per heavy atom. The molecule has 0 bridgehead atoms. The van der Waals surface area contributed by atoms with E-state index in [4.69, 9.17) is 10.7 Å². The molecule has 1 aromatic carbocycles. The van der Waals surface area contributed by atoms with Crippen LogP contribution in [0.25, 0.3) is 10.6 Å². The van der Waals surface area contributed by atoms with Crippen LogP contribution in [0.3, 0.4) is 0 Å². The molecule has 1 aromatic heterocycles. The molecular formula is C14H17ClN2S. The first-order valence-corrected chi connectivity index (χ1v) is 6.86. The highest BCUT2D eigenvalue weighted by Gasteiger charge is 2.28. The van der Waals surface area contributed by atoms with Gasteiger partial charge < -0.3 is 5.73 Å². The average Bonchev–Trinajstić information content (AvgIpc) is 3.13. The van der Waals surface area contributed by atoms with Crippen LogP contribution in [-0.2, 0) is 6.54 Å². The SMILES string of the molecule is Cc1sc(-c2ccc(CN)cc2)nc1C1CC1.Cl. The number of benzene rings is 1. The van der Waals surface area contributed by atoms with Gasteiger partial charge in [0.25, 0.3) is 0 Å². The van der Waals surface area contributed by atoms with Gasteiger partial charge in [0.15, 0.2) is 0 Å². The second-order valence-corrected chi connectivity index (χ2v) is 5.84. The molecule has 1 aliphatic rings. The Hall–Kier alpha value is -0.900. The molecule has 96 valence electrons. The van der Waals surface area contributed by atoms with Crippen molar-refractivity contribution in [1.82, 2.24) is 4.98 Å². The molecule has 0 unspecified atom stereocenters. The zero-order chi connectivity index (χ0) is 11.8. The fraction of sp³-hybridized carbons (Fsp3) is 0.357. The minimum absolute atomic E-state index is 0. The van der Waals surface area contributed by atoms with E-state index in [1.807, 2.05) is 0 Å². The van der Waals surface area contributed by atoms with Crippen molar-refractivity contribution in [3.8, 4) is 10.6 Å². The molecular weight excluding hydrogens is 264 g/mol. The minimum Gasteiger partial charge on any atom is -0.326 e. The van der Waals surface area contributed by atoms with Crippen LogP contribution < -0.4 is 5.73 Å². The summed E-state index contributed by atoms with van der Waals surface area (Å²) < 4.78 is 0. The third-order valence-electron chi connectivity index (χ3n) is 3.23. The van der Waals surface area contributed by atoms with Gasteiger partial charge in [-0.2, -0.15) is 0 Å². The Kier molecular flexibility index (Phi) is 4.05. The first kappa shape index (κ1) is 13.5. The van der Waals surface area contributed by atoms with Gasteiger partial charge in [-0.25, -0.2) is 4.98 Å². The quantitative estimate of drug-likeness (QED) is 0.927. The Morgan fingerprint density at radius 1 is 1.28 bits per heavy atom. The van der Waals surface area contributed by atoms with Crippen LogP contribution in [0, 0.1) is 6.92 Å². The summed E-state index contributed by atoms with van der Waals surface area (Å²) in [5, 5.41) is 1.15. The predicted molar refractivity (Wildman–Crippen MR) is 79.4 cm³/mol. The standard InChI is InChI=1S/C14H16N2S.ClH/c1-9-13(11-6-7-11)16-14(17-9)12-4-2-10(8-15)3-5-12;/h2-5,11H,6-8,15H2,1H3;1H. The lowest BCUT2D eigenvalue weighted by molar-refractivity contribution is 1.03. The van der Waals surface area contributed by atoms with Crippen LogP contribution in [0.4, 0.5) is 0 Å². The zero-order valence-corrected chi connectivity index (χ0v) is 12.0. The van der Waals surface area contributed by atoms with Crippen LogP contribution in [0.2, 0.25) is 0 Å². The van der Waals surface area contributed by atoms with Crippen molar-refractivity contribution in [2.45, 2.75) is 32.2 Å². The average molecular weight is 281 g/mol. The lowest BCUT2D eigenvalue weighted by atomic mass is 10.1. The number of nitrogens with two attached hydrogens (primary N) is 1. The van der Waals surface area contributed by atoms with E-state index in [0.29, 0.717) is 6.54 Å². The molecule has 1 saturated carbocycles. The van der Waals surface area contributed by atoms with E-state index >= 15 is 0 Å². The molecule has 1 fully saturated rings.